The number of carbonyl (C=O) groups excluding carboxylic acids is 2. The van der Waals surface area contributed by atoms with Gasteiger partial charge in [-0.1, -0.05) is 29.8 Å². The van der Waals surface area contributed by atoms with E-state index in [0.717, 1.165) is 5.56 Å². The van der Waals surface area contributed by atoms with Crippen molar-refractivity contribution in [3.63, 3.8) is 0 Å². The van der Waals surface area contributed by atoms with Crippen molar-refractivity contribution in [1.29, 1.82) is 0 Å². The second-order valence-corrected chi connectivity index (χ2v) is 6.55. The molecule has 0 radical (unpaired) electrons. The minimum absolute atomic E-state index is 0.0528. The third kappa shape index (κ3) is 3.91. The van der Waals surface area contributed by atoms with Crippen LogP contribution in [0.15, 0.2) is 42.5 Å². The maximum absolute atomic E-state index is 13.0. The first-order valence-electron chi connectivity index (χ1n) is 8.14. The Bertz CT molecular complexity index is 823. The number of fused-ring (bicyclic) bond motifs is 1. The molecule has 7 heteroatoms. The summed E-state index contributed by atoms with van der Waals surface area (Å²) in [5.74, 6) is 0.233. The number of likely N-dealkylation sites (N-methyl/N-ethyl adjacent to an activating group) is 1. The molecule has 1 atom stereocenters. The number of benzene rings is 2. The molecule has 2 aromatic rings. The lowest BCUT2D eigenvalue weighted by Crippen LogP contribution is -2.41. The van der Waals surface area contributed by atoms with Gasteiger partial charge in [0.15, 0.2) is 11.5 Å². The number of nitrogens with zero attached hydrogens (tertiary/aromatic N) is 1. The van der Waals surface area contributed by atoms with Crippen LogP contribution in [0.5, 0.6) is 11.5 Å². The van der Waals surface area contributed by atoms with Gasteiger partial charge in [-0.3, -0.25) is 9.59 Å². The van der Waals surface area contributed by atoms with E-state index in [4.69, 9.17) is 26.8 Å². The van der Waals surface area contributed by atoms with Gasteiger partial charge >= 0.3 is 0 Å². The standard InChI is InChI=1S/C19H19ClN2O4/c1-22(19(24)15-3-2-4-16-18(15)26-11-25-16)14(10-17(21)23)9-12-5-7-13(20)8-6-12/h2-8,14H,9-11H2,1H3,(H2,21,23)/t14-/m0/s1. The number of carbonyl (C=O) groups is 2. The molecule has 0 aliphatic carbocycles. The monoisotopic (exact) mass is 374 g/mol. The van der Waals surface area contributed by atoms with Gasteiger partial charge in [0.1, 0.15) is 0 Å². The SMILES string of the molecule is CN(C(=O)c1cccc2c1OCO2)[C@H](CC(N)=O)Cc1ccc(Cl)cc1. The van der Waals surface area contributed by atoms with Crippen LogP contribution in [0.2, 0.25) is 5.02 Å². The van der Waals surface area contributed by atoms with Gasteiger partial charge in [-0.25, -0.2) is 0 Å². The van der Waals surface area contributed by atoms with Crippen molar-refractivity contribution in [3.8, 4) is 11.5 Å². The molecule has 0 spiro atoms. The van der Waals surface area contributed by atoms with Gasteiger partial charge in [-0.2, -0.15) is 0 Å². The van der Waals surface area contributed by atoms with E-state index in [-0.39, 0.29) is 25.2 Å². The molecular formula is C19H19ClN2O4. The number of amides is 2. The smallest absolute Gasteiger partial charge is 0.257 e. The molecule has 2 aromatic carbocycles. The Morgan fingerprint density at radius 1 is 1.19 bits per heavy atom. The largest absolute Gasteiger partial charge is 0.454 e. The van der Waals surface area contributed by atoms with Gasteiger partial charge in [-0.15, -0.1) is 0 Å². The molecule has 1 heterocycles. The fourth-order valence-electron chi connectivity index (χ4n) is 2.93. The summed E-state index contributed by atoms with van der Waals surface area (Å²) in [6.45, 7) is 0.0822. The zero-order valence-electron chi connectivity index (χ0n) is 14.3. The number of hydrogen-bond acceptors (Lipinski definition) is 4. The lowest BCUT2D eigenvalue weighted by molar-refractivity contribution is -0.118. The Morgan fingerprint density at radius 2 is 1.92 bits per heavy atom. The van der Waals surface area contributed by atoms with Crippen LogP contribution in [0.25, 0.3) is 0 Å². The average molecular weight is 375 g/mol. The lowest BCUT2D eigenvalue weighted by atomic mass is 10.0. The summed E-state index contributed by atoms with van der Waals surface area (Å²) in [7, 11) is 1.65. The van der Waals surface area contributed by atoms with Crippen molar-refractivity contribution < 1.29 is 19.1 Å². The maximum atomic E-state index is 13.0. The molecule has 2 N–H and O–H groups in total. The number of hydrogen-bond donors (Lipinski definition) is 1. The number of para-hydroxylation sites is 1. The highest BCUT2D eigenvalue weighted by Crippen LogP contribution is 2.36. The average Bonchev–Trinajstić information content (AvgIpc) is 3.10. The molecule has 6 nitrogen and oxygen atoms in total. The van der Waals surface area contributed by atoms with Crippen molar-refractivity contribution in [2.24, 2.45) is 5.73 Å². The second-order valence-electron chi connectivity index (χ2n) is 6.11. The number of primary amides is 1. The van der Waals surface area contributed by atoms with E-state index in [9.17, 15) is 9.59 Å². The van der Waals surface area contributed by atoms with Crippen molar-refractivity contribution in [2.45, 2.75) is 18.9 Å². The highest BCUT2D eigenvalue weighted by atomic mass is 35.5. The number of nitrogens with two attached hydrogens (primary N) is 1. The molecule has 3 rings (SSSR count). The molecule has 1 aliphatic heterocycles. The quantitative estimate of drug-likeness (QED) is 0.842. The van der Waals surface area contributed by atoms with E-state index in [2.05, 4.69) is 0 Å². The first-order chi connectivity index (χ1) is 12.5. The summed E-state index contributed by atoms with van der Waals surface area (Å²) in [6.07, 6.45) is 0.534. The van der Waals surface area contributed by atoms with Crippen LogP contribution in [-0.4, -0.2) is 36.6 Å². The van der Waals surface area contributed by atoms with Gasteiger partial charge in [0.05, 0.1) is 5.56 Å². The lowest BCUT2D eigenvalue weighted by Gasteiger charge is -2.28. The van der Waals surface area contributed by atoms with Crippen molar-refractivity contribution >= 4 is 23.4 Å². The second kappa shape index (κ2) is 7.66. The Morgan fingerprint density at radius 3 is 2.62 bits per heavy atom. The highest BCUT2D eigenvalue weighted by Gasteiger charge is 2.28. The van der Waals surface area contributed by atoms with Crippen LogP contribution in [0.4, 0.5) is 0 Å². The van der Waals surface area contributed by atoms with Crippen molar-refractivity contribution in [2.75, 3.05) is 13.8 Å². The van der Waals surface area contributed by atoms with Crippen LogP contribution in [0.3, 0.4) is 0 Å². The summed E-state index contributed by atoms with van der Waals surface area (Å²) in [4.78, 5) is 26.0. The Labute approximate surface area is 156 Å². The molecule has 26 heavy (non-hydrogen) atoms. The van der Waals surface area contributed by atoms with Crippen molar-refractivity contribution in [3.05, 3.63) is 58.6 Å². The minimum atomic E-state index is -0.471. The first kappa shape index (κ1) is 18.1. The predicted octanol–water partition coefficient (Wildman–Crippen LogP) is 2.63. The van der Waals surface area contributed by atoms with Crippen LogP contribution >= 0.6 is 11.6 Å². The van der Waals surface area contributed by atoms with E-state index < -0.39 is 5.91 Å². The molecule has 0 bridgehead atoms. The van der Waals surface area contributed by atoms with E-state index in [1.165, 1.54) is 4.90 Å². The topological polar surface area (TPSA) is 81.9 Å². The number of halogens is 1. The van der Waals surface area contributed by atoms with Crippen molar-refractivity contribution in [1.82, 2.24) is 4.90 Å². The number of rotatable bonds is 6. The molecule has 0 saturated carbocycles. The molecule has 2 amide bonds. The Hall–Kier alpha value is -2.73. The molecule has 1 aliphatic rings. The zero-order valence-corrected chi connectivity index (χ0v) is 15.0. The fourth-order valence-corrected chi connectivity index (χ4v) is 3.05. The predicted molar refractivity (Wildman–Crippen MR) is 97.4 cm³/mol. The first-order valence-corrected chi connectivity index (χ1v) is 8.52. The van der Waals surface area contributed by atoms with Crippen LogP contribution in [0, 0.1) is 0 Å². The number of ether oxygens (including phenoxy) is 2. The summed E-state index contributed by atoms with van der Waals surface area (Å²) in [5, 5.41) is 0.627. The van der Waals surface area contributed by atoms with Crippen LogP contribution in [0.1, 0.15) is 22.3 Å². The molecular weight excluding hydrogens is 356 g/mol. The zero-order chi connectivity index (χ0) is 18.7. The summed E-state index contributed by atoms with van der Waals surface area (Å²) < 4.78 is 10.7. The summed E-state index contributed by atoms with van der Waals surface area (Å²) >= 11 is 5.92. The van der Waals surface area contributed by atoms with E-state index in [1.807, 2.05) is 12.1 Å². The van der Waals surface area contributed by atoms with E-state index >= 15 is 0 Å². The van der Waals surface area contributed by atoms with Gasteiger partial charge < -0.3 is 20.1 Å². The van der Waals surface area contributed by atoms with Gasteiger partial charge in [0.25, 0.3) is 5.91 Å². The van der Waals surface area contributed by atoms with Crippen LogP contribution < -0.4 is 15.2 Å². The molecule has 0 saturated heterocycles. The minimum Gasteiger partial charge on any atom is -0.454 e. The van der Waals surface area contributed by atoms with Gasteiger partial charge in [0.2, 0.25) is 12.7 Å². The highest BCUT2D eigenvalue weighted by molar-refractivity contribution is 6.30. The van der Waals surface area contributed by atoms with E-state index in [1.54, 1.807) is 37.4 Å². The molecule has 0 fully saturated rings. The van der Waals surface area contributed by atoms with Crippen LogP contribution in [-0.2, 0) is 11.2 Å². The summed E-state index contributed by atoms with van der Waals surface area (Å²) in [5.41, 5.74) is 6.75. The fraction of sp³-hybridized carbons (Fsp3) is 0.263. The normalized spacial score (nSPS) is 13.3. The van der Waals surface area contributed by atoms with E-state index in [0.29, 0.717) is 28.5 Å². The van der Waals surface area contributed by atoms with Gasteiger partial charge in [-0.05, 0) is 36.2 Å². The maximum Gasteiger partial charge on any atom is 0.257 e. The molecule has 0 unspecified atom stereocenters. The third-order valence-corrected chi connectivity index (χ3v) is 4.57. The van der Waals surface area contributed by atoms with Gasteiger partial charge in [0, 0.05) is 24.5 Å². The Kier molecular flexibility index (Phi) is 5.32. The third-order valence-electron chi connectivity index (χ3n) is 4.32. The molecule has 0 aromatic heterocycles. The Balaban J connectivity index is 1.84. The summed E-state index contributed by atoms with van der Waals surface area (Å²) in [6, 6.07) is 12.0. The molecule has 136 valence electrons.